The highest BCUT2D eigenvalue weighted by Gasteiger charge is 2.23. The molecule has 3 amide bonds. The summed E-state index contributed by atoms with van der Waals surface area (Å²) >= 11 is 0. The van der Waals surface area contributed by atoms with Crippen LogP contribution in [0.5, 0.6) is 11.5 Å². The van der Waals surface area contributed by atoms with Crippen LogP contribution in [0.25, 0.3) is 0 Å². The average molecular weight is 353 g/mol. The van der Waals surface area contributed by atoms with Crippen molar-refractivity contribution in [3.05, 3.63) is 42.0 Å². The Balaban J connectivity index is 1.55. The highest BCUT2D eigenvalue weighted by Crippen LogP contribution is 2.34. The maximum absolute atomic E-state index is 12.5. The van der Waals surface area contributed by atoms with Gasteiger partial charge >= 0.3 is 0 Å². The Hall–Kier alpha value is -3.55. The summed E-state index contributed by atoms with van der Waals surface area (Å²) in [5.41, 5.74) is 2.02. The van der Waals surface area contributed by atoms with Gasteiger partial charge in [0.15, 0.2) is 13.2 Å². The van der Waals surface area contributed by atoms with Crippen LogP contribution in [-0.2, 0) is 9.59 Å². The molecule has 2 aromatic rings. The lowest BCUT2D eigenvalue weighted by Crippen LogP contribution is -2.35. The van der Waals surface area contributed by atoms with Gasteiger partial charge in [-0.25, -0.2) is 0 Å². The summed E-state index contributed by atoms with van der Waals surface area (Å²) in [6, 6.07) is 9.89. The number of benzene rings is 2. The molecule has 0 unspecified atom stereocenters. The van der Waals surface area contributed by atoms with Crippen molar-refractivity contribution in [2.24, 2.45) is 0 Å². The summed E-state index contributed by atoms with van der Waals surface area (Å²) in [6.45, 7) is -0.0734. The Morgan fingerprint density at radius 3 is 2.73 bits per heavy atom. The molecule has 0 aromatic heterocycles. The van der Waals surface area contributed by atoms with Crippen molar-refractivity contribution in [3.63, 3.8) is 0 Å². The van der Waals surface area contributed by atoms with Gasteiger partial charge in [-0.3, -0.25) is 14.4 Å². The number of ether oxygens (including phenoxy) is 2. The summed E-state index contributed by atoms with van der Waals surface area (Å²) in [5, 5.41) is 5.44. The number of likely N-dealkylation sites (N-methyl/N-ethyl adjacent to an activating group) is 1. The lowest BCUT2D eigenvalue weighted by atomic mass is 10.1. The number of nitrogens with one attached hydrogen (secondary N) is 2. The monoisotopic (exact) mass is 353 g/mol. The van der Waals surface area contributed by atoms with Crippen LogP contribution in [0.1, 0.15) is 10.4 Å². The molecular weight excluding hydrogens is 338 g/mol. The van der Waals surface area contributed by atoms with Crippen molar-refractivity contribution >= 4 is 34.8 Å². The zero-order valence-electron chi connectivity index (χ0n) is 13.9. The first-order valence-electron chi connectivity index (χ1n) is 7.93. The van der Waals surface area contributed by atoms with Gasteiger partial charge in [-0.15, -0.1) is 0 Å². The molecule has 0 saturated carbocycles. The van der Waals surface area contributed by atoms with Crippen LogP contribution in [0.3, 0.4) is 0 Å². The Kier molecular flexibility index (Phi) is 3.72. The zero-order chi connectivity index (χ0) is 18.3. The Bertz CT molecular complexity index is 940. The number of amides is 3. The van der Waals surface area contributed by atoms with E-state index in [1.165, 1.54) is 4.90 Å². The summed E-state index contributed by atoms with van der Waals surface area (Å²) < 4.78 is 10.7. The Morgan fingerprint density at radius 2 is 1.88 bits per heavy atom. The van der Waals surface area contributed by atoms with E-state index >= 15 is 0 Å². The lowest BCUT2D eigenvalue weighted by Gasteiger charge is -2.26. The van der Waals surface area contributed by atoms with Crippen LogP contribution in [0.4, 0.5) is 17.1 Å². The minimum absolute atomic E-state index is 0.0363. The zero-order valence-corrected chi connectivity index (χ0v) is 13.9. The largest absolute Gasteiger partial charge is 0.482 e. The van der Waals surface area contributed by atoms with Crippen LogP contribution in [0.2, 0.25) is 0 Å². The molecular formula is C18H15N3O5. The van der Waals surface area contributed by atoms with Gasteiger partial charge in [0.25, 0.3) is 17.7 Å². The number of hydrogen-bond donors (Lipinski definition) is 2. The van der Waals surface area contributed by atoms with E-state index in [2.05, 4.69) is 10.6 Å². The van der Waals surface area contributed by atoms with Gasteiger partial charge in [0, 0.05) is 24.4 Å². The third-order valence-corrected chi connectivity index (χ3v) is 4.18. The fourth-order valence-corrected chi connectivity index (χ4v) is 2.78. The van der Waals surface area contributed by atoms with Crippen LogP contribution < -0.4 is 25.0 Å². The molecule has 2 aliphatic rings. The van der Waals surface area contributed by atoms with Crippen molar-refractivity contribution in [3.8, 4) is 11.5 Å². The van der Waals surface area contributed by atoms with E-state index in [0.29, 0.717) is 34.1 Å². The normalized spacial score (nSPS) is 15.2. The molecule has 0 bridgehead atoms. The highest BCUT2D eigenvalue weighted by atomic mass is 16.5. The molecule has 26 heavy (non-hydrogen) atoms. The number of fused-ring (bicyclic) bond motifs is 2. The minimum Gasteiger partial charge on any atom is -0.482 e. The van der Waals surface area contributed by atoms with Crippen LogP contribution in [-0.4, -0.2) is 38.0 Å². The molecule has 2 aliphatic heterocycles. The van der Waals surface area contributed by atoms with Gasteiger partial charge in [0.1, 0.15) is 11.5 Å². The third-order valence-electron chi connectivity index (χ3n) is 4.18. The summed E-state index contributed by atoms with van der Waals surface area (Å²) in [6.07, 6.45) is 0. The number of nitrogens with zero attached hydrogens (tertiary/aromatic N) is 1. The molecule has 0 radical (unpaired) electrons. The Labute approximate surface area is 148 Å². The van der Waals surface area contributed by atoms with E-state index in [9.17, 15) is 14.4 Å². The van der Waals surface area contributed by atoms with Crippen LogP contribution in [0.15, 0.2) is 36.4 Å². The predicted octanol–water partition coefficient (Wildman–Crippen LogP) is 1.62. The molecule has 0 atom stereocenters. The van der Waals surface area contributed by atoms with Crippen molar-refractivity contribution in [1.29, 1.82) is 0 Å². The summed E-state index contributed by atoms with van der Waals surface area (Å²) in [7, 11) is 1.67. The number of carbonyl (C=O) groups is 3. The smallest absolute Gasteiger partial charge is 0.264 e. The van der Waals surface area contributed by atoms with Gasteiger partial charge in [0.05, 0.1) is 11.4 Å². The lowest BCUT2D eigenvalue weighted by molar-refractivity contribution is -0.121. The second-order valence-corrected chi connectivity index (χ2v) is 5.93. The van der Waals surface area contributed by atoms with Gasteiger partial charge in [-0.1, -0.05) is 0 Å². The number of anilines is 3. The number of carbonyl (C=O) groups excluding carboxylic acids is 3. The molecule has 0 fully saturated rings. The summed E-state index contributed by atoms with van der Waals surface area (Å²) in [4.78, 5) is 37.0. The van der Waals surface area contributed by atoms with E-state index in [4.69, 9.17) is 9.47 Å². The first-order valence-corrected chi connectivity index (χ1v) is 7.93. The SMILES string of the molecule is CN1C(=O)COc2cc(NC(=O)c3ccc4c(c3)NC(=O)CO4)ccc21. The van der Waals surface area contributed by atoms with Crippen molar-refractivity contribution in [2.45, 2.75) is 0 Å². The number of rotatable bonds is 2. The first-order chi connectivity index (χ1) is 12.5. The van der Waals surface area contributed by atoms with Crippen molar-refractivity contribution in [1.82, 2.24) is 0 Å². The average Bonchev–Trinajstić information content (AvgIpc) is 2.64. The van der Waals surface area contributed by atoms with Crippen LogP contribution in [0, 0.1) is 0 Å². The second-order valence-electron chi connectivity index (χ2n) is 5.93. The quantitative estimate of drug-likeness (QED) is 0.855. The fraction of sp³-hybridized carbons (Fsp3) is 0.167. The third kappa shape index (κ3) is 2.81. The minimum atomic E-state index is -0.340. The molecule has 4 rings (SSSR count). The molecule has 132 valence electrons. The molecule has 0 saturated heterocycles. The molecule has 0 spiro atoms. The summed E-state index contributed by atoms with van der Waals surface area (Å²) in [5.74, 6) is 0.313. The maximum Gasteiger partial charge on any atom is 0.264 e. The first kappa shape index (κ1) is 15.9. The van der Waals surface area contributed by atoms with E-state index in [0.717, 1.165) is 0 Å². The van der Waals surface area contributed by atoms with E-state index in [1.54, 1.807) is 43.4 Å². The molecule has 0 aliphatic carbocycles. The molecule has 8 nitrogen and oxygen atoms in total. The number of hydrogen-bond acceptors (Lipinski definition) is 5. The maximum atomic E-state index is 12.5. The fourth-order valence-electron chi connectivity index (χ4n) is 2.78. The molecule has 2 aromatic carbocycles. The van der Waals surface area contributed by atoms with E-state index in [-0.39, 0.29) is 30.9 Å². The molecule has 2 N–H and O–H groups in total. The van der Waals surface area contributed by atoms with Crippen LogP contribution >= 0.6 is 0 Å². The topological polar surface area (TPSA) is 97.0 Å². The van der Waals surface area contributed by atoms with Gasteiger partial charge in [-0.2, -0.15) is 0 Å². The molecule has 2 heterocycles. The predicted molar refractivity (Wildman–Crippen MR) is 93.9 cm³/mol. The van der Waals surface area contributed by atoms with E-state index in [1.807, 2.05) is 0 Å². The molecule has 8 heteroatoms. The van der Waals surface area contributed by atoms with Gasteiger partial charge in [-0.05, 0) is 30.3 Å². The van der Waals surface area contributed by atoms with Crippen molar-refractivity contribution < 1.29 is 23.9 Å². The standard InChI is InChI=1S/C18H15N3O5/c1-21-13-4-3-11(7-15(13)26-9-17(21)23)19-18(24)10-2-5-14-12(6-10)20-16(22)8-25-14/h2-7H,8-9H2,1H3,(H,19,24)(H,20,22). The van der Waals surface area contributed by atoms with Gasteiger partial charge < -0.3 is 25.0 Å². The van der Waals surface area contributed by atoms with E-state index < -0.39 is 0 Å². The highest BCUT2D eigenvalue weighted by molar-refractivity contribution is 6.06. The van der Waals surface area contributed by atoms with Crippen molar-refractivity contribution in [2.75, 3.05) is 35.8 Å². The Morgan fingerprint density at radius 1 is 1.08 bits per heavy atom. The second kappa shape index (κ2) is 6.07. The van der Waals surface area contributed by atoms with Gasteiger partial charge in [0.2, 0.25) is 0 Å².